The first-order chi connectivity index (χ1) is 4.12. The molecule has 0 nitrogen and oxygen atoms in total. The van der Waals surface area contributed by atoms with Crippen molar-refractivity contribution in [3.05, 3.63) is 0 Å². The molecule has 0 unspecified atom stereocenters. The van der Waals surface area contributed by atoms with Crippen LogP contribution in [0.1, 0.15) is 13.3 Å². The van der Waals surface area contributed by atoms with E-state index >= 15 is 0 Å². The topological polar surface area (TPSA) is 0 Å². The lowest BCUT2D eigenvalue weighted by atomic mass is 10.6. The van der Waals surface area contributed by atoms with Gasteiger partial charge in [0, 0.05) is 6.04 Å². The molecule has 0 aromatic rings. The highest BCUT2D eigenvalue weighted by Crippen LogP contribution is 2.15. The lowest BCUT2D eigenvalue weighted by molar-refractivity contribution is 1.04. The minimum absolute atomic E-state index is 0.939. The Hall–Kier alpha value is -0.223. The molecule has 0 aliphatic heterocycles. The largest absolute Gasteiger partial charge is 0.120 e. The summed E-state index contributed by atoms with van der Waals surface area (Å²) in [6.45, 7) is 6.94. The summed E-state index contributed by atoms with van der Waals surface area (Å²) in [6.07, 6.45) is 6.52. The number of hydrogen-bond donors (Lipinski definition) is 0. The van der Waals surface area contributed by atoms with E-state index < -0.39 is 8.07 Å². The molecule has 52 valence electrons. The second-order valence-corrected chi connectivity index (χ2v) is 8.48. The molecule has 0 rings (SSSR count). The van der Waals surface area contributed by atoms with Crippen LogP contribution in [-0.2, 0) is 0 Å². The molecule has 0 amide bonds. The van der Waals surface area contributed by atoms with Crippen LogP contribution in [0, 0.1) is 12.3 Å². The minimum Gasteiger partial charge on any atom is -0.120 e. The predicted molar refractivity (Wildman–Crippen MR) is 46.2 cm³/mol. The summed E-state index contributed by atoms with van der Waals surface area (Å²) in [5.74, 6) is 2.75. The van der Waals surface area contributed by atoms with Crippen molar-refractivity contribution in [1.82, 2.24) is 0 Å². The van der Waals surface area contributed by atoms with E-state index in [0.717, 1.165) is 6.04 Å². The third kappa shape index (κ3) is 4.29. The van der Waals surface area contributed by atoms with Gasteiger partial charge in [-0.2, -0.15) is 0 Å². The highest BCUT2D eigenvalue weighted by Gasteiger charge is 2.16. The molecule has 0 aliphatic carbocycles. The first kappa shape index (κ1) is 8.78. The molecule has 0 aromatic carbocycles. The van der Waals surface area contributed by atoms with Crippen LogP contribution in [0.25, 0.3) is 0 Å². The molecular weight excluding hydrogens is 124 g/mol. The number of hydrogen-bond acceptors (Lipinski definition) is 0. The van der Waals surface area contributed by atoms with E-state index in [1.807, 2.05) is 0 Å². The van der Waals surface area contributed by atoms with Crippen molar-refractivity contribution in [3.63, 3.8) is 0 Å². The van der Waals surface area contributed by atoms with Gasteiger partial charge in [-0.1, -0.05) is 32.5 Å². The van der Waals surface area contributed by atoms with Gasteiger partial charge in [0.2, 0.25) is 0 Å². The first-order valence-corrected chi connectivity index (χ1v) is 6.97. The van der Waals surface area contributed by atoms with Gasteiger partial charge in [0.05, 0.1) is 8.07 Å². The molecule has 0 heterocycles. The highest BCUT2D eigenvalue weighted by atomic mass is 28.3. The second-order valence-electron chi connectivity index (χ2n) is 3.30. The summed E-state index contributed by atoms with van der Waals surface area (Å²) in [6, 6.07) is 2.41. The van der Waals surface area contributed by atoms with Crippen molar-refractivity contribution < 1.29 is 0 Å². The average Bonchev–Trinajstić information content (AvgIpc) is 1.64. The van der Waals surface area contributed by atoms with E-state index in [9.17, 15) is 0 Å². The molecule has 0 atom stereocenters. The van der Waals surface area contributed by atoms with Crippen molar-refractivity contribution in [2.45, 2.75) is 38.5 Å². The molecular formula is C8H16Si. The van der Waals surface area contributed by atoms with Crippen molar-refractivity contribution in [2.75, 3.05) is 0 Å². The Morgan fingerprint density at radius 1 is 1.44 bits per heavy atom. The van der Waals surface area contributed by atoms with Crippen molar-refractivity contribution in [3.8, 4) is 12.3 Å². The molecule has 1 heteroatoms. The van der Waals surface area contributed by atoms with Gasteiger partial charge in [-0.15, -0.1) is 12.3 Å². The Morgan fingerprint density at radius 3 is 2.33 bits per heavy atom. The first-order valence-electron chi connectivity index (χ1n) is 3.56. The average molecular weight is 140 g/mol. The van der Waals surface area contributed by atoms with Crippen LogP contribution in [0.2, 0.25) is 25.2 Å². The third-order valence-electron chi connectivity index (χ3n) is 1.51. The number of rotatable bonds is 3. The van der Waals surface area contributed by atoms with Gasteiger partial charge in [0.25, 0.3) is 0 Å². The Morgan fingerprint density at radius 2 is 2.00 bits per heavy atom. The molecule has 0 saturated carbocycles. The SMILES string of the molecule is C#CC[Si](C)(C)CCC. The normalized spacial score (nSPS) is 10.9. The lowest BCUT2D eigenvalue weighted by Gasteiger charge is -2.17. The fourth-order valence-electron chi connectivity index (χ4n) is 1.04. The Bertz CT molecular complexity index is 108. The fraction of sp³-hybridized carbons (Fsp3) is 0.750. The van der Waals surface area contributed by atoms with Crippen LogP contribution in [0.15, 0.2) is 0 Å². The standard InChI is InChI=1S/C8H16Si/c1-5-7-9(3,4)8-6-2/h1H,6-8H2,2-4H3. The molecule has 0 spiro atoms. The third-order valence-corrected chi connectivity index (χ3v) is 4.52. The van der Waals surface area contributed by atoms with Crippen LogP contribution in [0.4, 0.5) is 0 Å². The van der Waals surface area contributed by atoms with E-state index in [-0.39, 0.29) is 0 Å². The maximum atomic E-state index is 5.23. The Balaban J connectivity index is 3.59. The van der Waals surface area contributed by atoms with Crippen LogP contribution in [-0.4, -0.2) is 8.07 Å². The van der Waals surface area contributed by atoms with E-state index in [0.29, 0.717) is 0 Å². The zero-order valence-electron chi connectivity index (χ0n) is 6.70. The van der Waals surface area contributed by atoms with Gasteiger partial charge < -0.3 is 0 Å². The van der Waals surface area contributed by atoms with Crippen LogP contribution >= 0.6 is 0 Å². The molecule has 0 aliphatic rings. The summed E-state index contributed by atoms with van der Waals surface area (Å²) in [5.41, 5.74) is 0. The van der Waals surface area contributed by atoms with Crippen LogP contribution < -0.4 is 0 Å². The smallest absolute Gasteiger partial charge is 0.0603 e. The predicted octanol–water partition coefficient (Wildman–Crippen LogP) is 2.74. The zero-order chi connectivity index (χ0) is 7.33. The van der Waals surface area contributed by atoms with E-state index in [4.69, 9.17) is 6.42 Å². The van der Waals surface area contributed by atoms with Crippen LogP contribution in [0.3, 0.4) is 0 Å². The molecule has 0 N–H and O–H groups in total. The van der Waals surface area contributed by atoms with Gasteiger partial charge in [-0.3, -0.25) is 0 Å². The fourth-order valence-corrected chi connectivity index (χ4v) is 3.12. The van der Waals surface area contributed by atoms with Gasteiger partial charge >= 0.3 is 0 Å². The van der Waals surface area contributed by atoms with E-state index in [1.165, 1.54) is 12.5 Å². The maximum absolute atomic E-state index is 5.23. The summed E-state index contributed by atoms with van der Waals surface area (Å²) in [5, 5.41) is 0. The van der Waals surface area contributed by atoms with Crippen molar-refractivity contribution in [2.24, 2.45) is 0 Å². The molecule has 9 heavy (non-hydrogen) atoms. The minimum atomic E-state index is -0.939. The molecule has 0 aromatic heterocycles. The molecule has 0 fully saturated rings. The number of terminal acetylenes is 1. The second kappa shape index (κ2) is 3.74. The summed E-state index contributed by atoms with van der Waals surface area (Å²) in [4.78, 5) is 0. The maximum Gasteiger partial charge on any atom is 0.0603 e. The summed E-state index contributed by atoms with van der Waals surface area (Å²) < 4.78 is 0. The van der Waals surface area contributed by atoms with E-state index in [1.54, 1.807) is 0 Å². The quantitative estimate of drug-likeness (QED) is 0.418. The molecule has 0 bridgehead atoms. The van der Waals surface area contributed by atoms with Crippen LogP contribution in [0.5, 0.6) is 0 Å². The Kier molecular flexibility index (Phi) is 3.64. The summed E-state index contributed by atoms with van der Waals surface area (Å²) in [7, 11) is -0.939. The van der Waals surface area contributed by atoms with Gasteiger partial charge in [0.1, 0.15) is 0 Å². The van der Waals surface area contributed by atoms with Crippen molar-refractivity contribution in [1.29, 1.82) is 0 Å². The van der Waals surface area contributed by atoms with Crippen molar-refractivity contribution >= 4 is 8.07 Å². The van der Waals surface area contributed by atoms with E-state index in [2.05, 4.69) is 25.9 Å². The van der Waals surface area contributed by atoms with Gasteiger partial charge in [-0.25, -0.2) is 0 Å². The highest BCUT2D eigenvalue weighted by molar-refractivity contribution is 6.77. The monoisotopic (exact) mass is 140 g/mol. The zero-order valence-corrected chi connectivity index (χ0v) is 7.70. The Labute approximate surface area is 59.7 Å². The lowest BCUT2D eigenvalue weighted by Crippen LogP contribution is -2.23. The summed E-state index contributed by atoms with van der Waals surface area (Å²) >= 11 is 0. The van der Waals surface area contributed by atoms with Gasteiger partial charge in [-0.05, 0) is 0 Å². The molecule has 0 saturated heterocycles. The van der Waals surface area contributed by atoms with Gasteiger partial charge in [0.15, 0.2) is 0 Å². The molecule has 0 radical (unpaired) electrons.